The van der Waals surface area contributed by atoms with Crippen LogP contribution in [0.2, 0.25) is 5.02 Å². The fraction of sp³-hybridized carbons (Fsp3) is 0.200. The molecular weight excluding hydrogens is 218 g/mol. The summed E-state index contributed by atoms with van der Waals surface area (Å²) < 4.78 is 0. The highest BCUT2D eigenvalue weighted by Gasteiger charge is 2.05. The number of hydrogen-bond acceptors (Lipinski definition) is 2. The number of carbonyl (C=O) groups is 2. The van der Waals surface area contributed by atoms with Gasteiger partial charge in [-0.2, -0.15) is 0 Å². The Hall–Kier alpha value is -1.55. The summed E-state index contributed by atoms with van der Waals surface area (Å²) >= 11 is 5.65. The second kappa shape index (κ2) is 5.36. The quantitative estimate of drug-likeness (QED) is 0.820. The molecule has 5 heteroatoms. The predicted molar refractivity (Wildman–Crippen MR) is 56.0 cm³/mol. The molecular formula is C10H10ClNO3. The average Bonchev–Trinajstić information content (AvgIpc) is 2.18. The van der Waals surface area contributed by atoms with Crippen LogP contribution in [0, 0.1) is 0 Å². The Morgan fingerprint density at radius 3 is 2.40 bits per heavy atom. The van der Waals surface area contributed by atoms with Gasteiger partial charge in [-0.1, -0.05) is 11.6 Å². The summed E-state index contributed by atoms with van der Waals surface area (Å²) in [5.41, 5.74) is 0.463. The van der Waals surface area contributed by atoms with Crippen LogP contribution in [0.3, 0.4) is 0 Å². The number of rotatable bonds is 4. The average molecular weight is 228 g/mol. The van der Waals surface area contributed by atoms with E-state index in [1.54, 1.807) is 24.3 Å². The van der Waals surface area contributed by atoms with E-state index in [9.17, 15) is 9.59 Å². The molecule has 4 nitrogen and oxygen atoms in total. The van der Waals surface area contributed by atoms with Crippen LogP contribution in [0.1, 0.15) is 16.8 Å². The lowest BCUT2D eigenvalue weighted by Gasteiger charge is -2.02. The van der Waals surface area contributed by atoms with Gasteiger partial charge < -0.3 is 10.4 Å². The van der Waals surface area contributed by atoms with Gasteiger partial charge in [0.25, 0.3) is 5.91 Å². The van der Waals surface area contributed by atoms with E-state index >= 15 is 0 Å². The second-order valence-electron chi connectivity index (χ2n) is 2.91. The van der Waals surface area contributed by atoms with Gasteiger partial charge in [-0.05, 0) is 24.3 Å². The summed E-state index contributed by atoms with van der Waals surface area (Å²) in [5, 5.41) is 11.4. The third-order valence-electron chi connectivity index (χ3n) is 1.73. The van der Waals surface area contributed by atoms with Crippen LogP contribution in [0.25, 0.3) is 0 Å². The largest absolute Gasteiger partial charge is 0.481 e. The van der Waals surface area contributed by atoms with E-state index in [1.807, 2.05) is 0 Å². The topological polar surface area (TPSA) is 66.4 Å². The molecule has 0 bridgehead atoms. The Morgan fingerprint density at radius 1 is 1.27 bits per heavy atom. The number of aliphatic carboxylic acids is 1. The maximum Gasteiger partial charge on any atom is 0.305 e. The number of nitrogens with one attached hydrogen (secondary N) is 1. The lowest BCUT2D eigenvalue weighted by Crippen LogP contribution is -2.25. The SMILES string of the molecule is O=C(O)CCNC(=O)c1ccc(Cl)cc1. The minimum absolute atomic E-state index is 0.0840. The first-order chi connectivity index (χ1) is 7.09. The molecule has 0 aliphatic carbocycles. The van der Waals surface area contributed by atoms with E-state index in [0.29, 0.717) is 10.6 Å². The Bertz CT molecular complexity index is 361. The van der Waals surface area contributed by atoms with Crippen molar-refractivity contribution >= 4 is 23.5 Å². The number of carboxylic acids is 1. The van der Waals surface area contributed by atoms with Crippen molar-refractivity contribution in [2.24, 2.45) is 0 Å². The van der Waals surface area contributed by atoms with E-state index in [0.717, 1.165) is 0 Å². The van der Waals surface area contributed by atoms with Gasteiger partial charge in [-0.15, -0.1) is 0 Å². The molecule has 1 rings (SSSR count). The monoisotopic (exact) mass is 227 g/mol. The first kappa shape index (κ1) is 11.5. The zero-order chi connectivity index (χ0) is 11.3. The Balaban J connectivity index is 2.47. The molecule has 1 aromatic carbocycles. The summed E-state index contributed by atoms with van der Waals surface area (Å²) in [6.07, 6.45) is -0.0840. The standard InChI is InChI=1S/C10H10ClNO3/c11-8-3-1-7(2-4-8)10(15)12-6-5-9(13)14/h1-4H,5-6H2,(H,12,15)(H,13,14). The number of hydrogen-bond donors (Lipinski definition) is 2. The molecule has 0 spiro atoms. The lowest BCUT2D eigenvalue weighted by atomic mass is 10.2. The van der Waals surface area contributed by atoms with E-state index < -0.39 is 5.97 Å². The number of carboxylic acid groups (broad SMARTS) is 1. The van der Waals surface area contributed by atoms with Gasteiger partial charge in [0.15, 0.2) is 0 Å². The summed E-state index contributed by atoms with van der Waals surface area (Å²) in [4.78, 5) is 21.6. The van der Waals surface area contributed by atoms with Gasteiger partial charge in [0, 0.05) is 17.1 Å². The molecule has 0 saturated carbocycles. The van der Waals surface area contributed by atoms with Crippen LogP contribution >= 0.6 is 11.6 Å². The maximum absolute atomic E-state index is 11.4. The van der Waals surface area contributed by atoms with Gasteiger partial charge in [-0.3, -0.25) is 9.59 Å². The molecule has 0 aromatic heterocycles. The molecule has 0 radical (unpaired) electrons. The number of halogens is 1. The third kappa shape index (κ3) is 3.99. The van der Waals surface area contributed by atoms with Crippen LogP contribution in [0.4, 0.5) is 0 Å². The van der Waals surface area contributed by atoms with Gasteiger partial charge in [0.2, 0.25) is 0 Å². The first-order valence-corrected chi connectivity index (χ1v) is 4.73. The van der Waals surface area contributed by atoms with E-state index in [4.69, 9.17) is 16.7 Å². The van der Waals surface area contributed by atoms with Crippen molar-refractivity contribution in [1.29, 1.82) is 0 Å². The zero-order valence-electron chi connectivity index (χ0n) is 7.87. The zero-order valence-corrected chi connectivity index (χ0v) is 8.62. The van der Waals surface area contributed by atoms with E-state index in [1.165, 1.54) is 0 Å². The van der Waals surface area contributed by atoms with Crippen molar-refractivity contribution in [1.82, 2.24) is 5.32 Å². The normalized spacial score (nSPS) is 9.67. The van der Waals surface area contributed by atoms with Crippen molar-refractivity contribution in [2.45, 2.75) is 6.42 Å². The Labute approximate surface area is 91.9 Å². The van der Waals surface area contributed by atoms with Crippen LogP contribution < -0.4 is 5.32 Å². The Morgan fingerprint density at radius 2 is 1.87 bits per heavy atom. The lowest BCUT2D eigenvalue weighted by molar-refractivity contribution is -0.136. The molecule has 0 unspecified atom stereocenters. The van der Waals surface area contributed by atoms with Crippen molar-refractivity contribution in [3.8, 4) is 0 Å². The van der Waals surface area contributed by atoms with Crippen molar-refractivity contribution in [2.75, 3.05) is 6.54 Å². The summed E-state index contributed by atoms with van der Waals surface area (Å²) in [6, 6.07) is 6.37. The molecule has 1 aromatic rings. The van der Waals surface area contributed by atoms with Crippen LogP contribution in [-0.2, 0) is 4.79 Å². The van der Waals surface area contributed by atoms with Gasteiger partial charge >= 0.3 is 5.97 Å². The third-order valence-corrected chi connectivity index (χ3v) is 1.98. The van der Waals surface area contributed by atoms with Crippen LogP contribution in [0.15, 0.2) is 24.3 Å². The first-order valence-electron chi connectivity index (χ1n) is 4.35. The fourth-order valence-electron chi connectivity index (χ4n) is 0.986. The van der Waals surface area contributed by atoms with Crippen LogP contribution in [0.5, 0.6) is 0 Å². The van der Waals surface area contributed by atoms with E-state index in [2.05, 4.69) is 5.32 Å². The Kier molecular flexibility index (Phi) is 4.12. The number of amides is 1. The molecule has 0 saturated heterocycles. The second-order valence-corrected chi connectivity index (χ2v) is 3.34. The van der Waals surface area contributed by atoms with Gasteiger partial charge in [0.1, 0.15) is 0 Å². The molecule has 0 fully saturated rings. The highest BCUT2D eigenvalue weighted by molar-refractivity contribution is 6.30. The minimum atomic E-state index is -0.939. The predicted octanol–water partition coefficient (Wildman–Crippen LogP) is 1.54. The molecule has 2 N–H and O–H groups in total. The summed E-state index contributed by atoms with van der Waals surface area (Å²) in [7, 11) is 0. The van der Waals surface area contributed by atoms with Gasteiger partial charge in [0.05, 0.1) is 6.42 Å². The summed E-state index contributed by atoms with van der Waals surface area (Å²) in [6.45, 7) is 0.122. The van der Waals surface area contributed by atoms with Crippen molar-refractivity contribution < 1.29 is 14.7 Å². The maximum atomic E-state index is 11.4. The molecule has 0 aliphatic rings. The molecule has 15 heavy (non-hydrogen) atoms. The number of carbonyl (C=O) groups excluding carboxylic acids is 1. The van der Waals surface area contributed by atoms with Crippen molar-refractivity contribution in [3.05, 3.63) is 34.9 Å². The van der Waals surface area contributed by atoms with Crippen LogP contribution in [-0.4, -0.2) is 23.5 Å². The fourth-order valence-corrected chi connectivity index (χ4v) is 1.11. The molecule has 1 amide bonds. The molecule has 0 heterocycles. The highest BCUT2D eigenvalue weighted by atomic mass is 35.5. The molecule has 0 atom stereocenters. The van der Waals surface area contributed by atoms with Crippen molar-refractivity contribution in [3.63, 3.8) is 0 Å². The minimum Gasteiger partial charge on any atom is -0.481 e. The molecule has 80 valence electrons. The smallest absolute Gasteiger partial charge is 0.305 e. The molecule has 0 aliphatic heterocycles. The van der Waals surface area contributed by atoms with Gasteiger partial charge in [-0.25, -0.2) is 0 Å². The summed E-state index contributed by atoms with van der Waals surface area (Å²) in [5.74, 6) is -1.24. The highest BCUT2D eigenvalue weighted by Crippen LogP contribution is 2.09. The van der Waals surface area contributed by atoms with E-state index in [-0.39, 0.29) is 18.9 Å². The number of benzene rings is 1.